The van der Waals surface area contributed by atoms with E-state index in [4.69, 9.17) is 9.47 Å². The molecule has 1 aliphatic rings. The highest BCUT2D eigenvalue weighted by Crippen LogP contribution is 2.33. The Hall–Kier alpha value is -2.48. The van der Waals surface area contributed by atoms with Gasteiger partial charge in [0.15, 0.2) is 11.5 Å². The van der Waals surface area contributed by atoms with Crippen molar-refractivity contribution < 1.29 is 17.9 Å². The lowest BCUT2D eigenvalue weighted by molar-refractivity contribution is 0.171. The molecule has 1 aliphatic heterocycles. The number of nitrogens with zero attached hydrogens (tertiary/aromatic N) is 1. The predicted octanol–water partition coefficient (Wildman–Crippen LogP) is 2.36. The molecule has 2 aromatic rings. The first kappa shape index (κ1) is 15.4. The summed E-state index contributed by atoms with van der Waals surface area (Å²) in [5, 5.41) is 3.13. The fourth-order valence-corrected chi connectivity index (χ4v) is 2.67. The SMILES string of the molecule is CCS(=O)(=O)Nc1ccc(Nc2ccc3c(c2)OCCO3)nc1. The molecule has 3 rings (SSSR count). The van der Waals surface area contributed by atoms with Gasteiger partial charge in [0.2, 0.25) is 10.0 Å². The highest BCUT2D eigenvalue weighted by Gasteiger charge is 2.12. The van der Waals surface area contributed by atoms with Crippen LogP contribution >= 0.6 is 0 Å². The van der Waals surface area contributed by atoms with Crippen LogP contribution in [0.4, 0.5) is 17.2 Å². The zero-order chi connectivity index (χ0) is 16.3. The van der Waals surface area contributed by atoms with Gasteiger partial charge in [-0.15, -0.1) is 0 Å². The minimum Gasteiger partial charge on any atom is -0.486 e. The van der Waals surface area contributed by atoms with E-state index in [1.807, 2.05) is 18.2 Å². The molecule has 0 amide bonds. The number of pyridine rings is 1. The van der Waals surface area contributed by atoms with Gasteiger partial charge in [0.25, 0.3) is 0 Å². The average Bonchev–Trinajstić information content (AvgIpc) is 2.56. The molecule has 23 heavy (non-hydrogen) atoms. The lowest BCUT2D eigenvalue weighted by Gasteiger charge is -2.19. The molecule has 2 N–H and O–H groups in total. The monoisotopic (exact) mass is 335 g/mol. The van der Waals surface area contributed by atoms with Gasteiger partial charge in [-0.05, 0) is 31.2 Å². The average molecular weight is 335 g/mol. The Morgan fingerprint density at radius 3 is 2.52 bits per heavy atom. The second-order valence-corrected chi connectivity index (χ2v) is 6.93. The van der Waals surface area contributed by atoms with E-state index in [9.17, 15) is 8.42 Å². The van der Waals surface area contributed by atoms with Crippen molar-refractivity contribution in [2.24, 2.45) is 0 Å². The van der Waals surface area contributed by atoms with Crippen molar-refractivity contribution in [2.45, 2.75) is 6.92 Å². The lowest BCUT2D eigenvalue weighted by Crippen LogP contribution is -2.15. The Morgan fingerprint density at radius 2 is 1.83 bits per heavy atom. The summed E-state index contributed by atoms with van der Waals surface area (Å²) in [6.07, 6.45) is 1.47. The van der Waals surface area contributed by atoms with Crippen molar-refractivity contribution in [3.63, 3.8) is 0 Å². The summed E-state index contributed by atoms with van der Waals surface area (Å²) in [7, 11) is -3.30. The number of anilines is 3. The van der Waals surface area contributed by atoms with Crippen molar-refractivity contribution in [2.75, 3.05) is 29.0 Å². The second kappa shape index (κ2) is 6.33. The van der Waals surface area contributed by atoms with E-state index in [0.29, 0.717) is 30.5 Å². The van der Waals surface area contributed by atoms with Gasteiger partial charge in [-0.3, -0.25) is 4.72 Å². The largest absolute Gasteiger partial charge is 0.486 e. The molecule has 0 bridgehead atoms. The fraction of sp³-hybridized carbons (Fsp3) is 0.267. The van der Waals surface area contributed by atoms with Crippen LogP contribution < -0.4 is 19.5 Å². The van der Waals surface area contributed by atoms with Crippen molar-refractivity contribution in [1.82, 2.24) is 4.98 Å². The molecule has 8 heteroatoms. The van der Waals surface area contributed by atoms with Gasteiger partial charge in [-0.2, -0.15) is 0 Å². The highest BCUT2D eigenvalue weighted by atomic mass is 32.2. The molecule has 7 nitrogen and oxygen atoms in total. The Labute approximate surface area is 134 Å². The number of hydrogen-bond acceptors (Lipinski definition) is 6. The summed E-state index contributed by atoms with van der Waals surface area (Å²) in [6, 6.07) is 8.89. The summed E-state index contributed by atoms with van der Waals surface area (Å²) in [4.78, 5) is 4.19. The Kier molecular flexibility index (Phi) is 4.24. The minimum atomic E-state index is -3.30. The maximum absolute atomic E-state index is 11.5. The molecule has 0 fully saturated rings. The van der Waals surface area contributed by atoms with Gasteiger partial charge in [0.05, 0.1) is 17.6 Å². The van der Waals surface area contributed by atoms with Crippen LogP contribution in [-0.4, -0.2) is 32.4 Å². The molecule has 0 saturated carbocycles. The summed E-state index contributed by atoms with van der Waals surface area (Å²) in [5.41, 5.74) is 1.24. The number of nitrogens with one attached hydrogen (secondary N) is 2. The highest BCUT2D eigenvalue weighted by molar-refractivity contribution is 7.92. The van der Waals surface area contributed by atoms with Gasteiger partial charge in [0.1, 0.15) is 19.0 Å². The summed E-state index contributed by atoms with van der Waals surface area (Å²) >= 11 is 0. The van der Waals surface area contributed by atoms with Crippen molar-refractivity contribution in [3.8, 4) is 11.5 Å². The summed E-state index contributed by atoms with van der Waals surface area (Å²) in [5.74, 6) is 2.03. The third kappa shape index (κ3) is 3.84. The first-order chi connectivity index (χ1) is 11.1. The second-order valence-electron chi connectivity index (χ2n) is 4.92. The van der Waals surface area contributed by atoms with E-state index in [-0.39, 0.29) is 5.75 Å². The first-order valence-electron chi connectivity index (χ1n) is 7.19. The summed E-state index contributed by atoms with van der Waals surface area (Å²) in [6.45, 7) is 2.66. The molecule has 1 aromatic heterocycles. The standard InChI is InChI=1S/C15H17N3O4S/c1-2-23(19,20)18-12-4-6-15(16-10-12)17-11-3-5-13-14(9-11)22-8-7-21-13/h3-6,9-10,18H,2,7-8H2,1H3,(H,16,17). The molecule has 0 saturated heterocycles. The van der Waals surface area contributed by atoms with E-state index >= 15 is 0 Å². The number of benzene rings is 1. The van der Waals surface area contributed by atoms with Crippen LogP contribution in [0.15, 0.2) is 36.5 Å². The predicted molar refractivity (Wildman–Crippen MR) is 88.0 cm³/mol. The first-order valence-corrected chi connectivity index (χ1v) is 8.84. The number of ether oxygens (including phenoxy) is 2. The third-order valence-electron chi connectivity index (χ3n) is 3.23. The molecular formula is C15H17N3O4S. The fourth-order valence-electron chi connectivity index (χ4n) is 2.05. The van der Waals surface area contributed by atoms with Gasteiger partial charge >= 0.3 is 0 Å². The smallest absolute Gasteiger partial charge is 0.232 e. The van der Waals surface area contributed by atoms with E-state index in [1.54, 1.807) is 19.1 Å². The zero-order valence-corrected chi connectivity index (χ0v) is 13.4. The van der Waals surface area contributed by atoms with Gasteiger partial charge < -0.3 is 14.8 Å². The number of hydrogen-bond donors (Lipinski definition) is 2. The Balaban J connectivity index is 1.71. The van der Waals surface area contributed by atoms with Crippen molar-refractivity contribution in [1.29, 1.82) is 0 Å². The maximum Gasteiger partial charge on any atom is 0.232 e. The Bertz CT molecular complexity index is 791. The maximum atomic E-state index is 11.5. The van der Waals surface area contributed by atoms with Crippen molar-refractivity contribution in [3.05, 3.63) is 36.5 Å². The molecule has 0 spiro atoms. The van der Waals surface area contributed by atoms with Crippen LogP contribution in [0.2, 0.25) is 0 Å². The van der Waals surface area contributed by atoms with Crippen LogP contribution in [0.25, 0.3) is 0 Å². The number of fused-ring (bicyclic) bond motifs is 1. The zero-order valence-electron chi connectivity index (χ0n) is 12.6. The quantitative estimate of drug-likeness (QED) is 0.872. The number of sulfonamides is 1. The normalized spacial score (nSPS) is 13.4. The molecule has 122 valence electrons. The van der Waals surface area contributed by atoms with E-state index in [0.717, 1.165) is 11.4 Å². The molecule has 0 atom stereocenters. The molecule has 0 radical (unpaired) electrons. The minimum absolute atomic E-state index is 0.0181. The van der Waals surface area contributed by atoms with E-state index < -0.39 is 10.0 Å². The molecule has 2 heterocycles. The molecule has 1 aromatic carbocycles. The van der Waals surface area contributed by atoms with Crippen LogP contribution in [0.5, 0.6) is 11.5 Å². The Morgan fingerprint density at radius 1 is 1.09 bits per heavy atom. The number of rotatable bonds is 5. The topological polar surface area (TPSA) is 89.6 Å². The lowest BCUT2D eigenvalue weighted by atomic mass is 10.2. The molecule has 0 aliphatic carbocycles. The van der Waals surface area contributed by atoms with Crippen molar-refractivity contribution >= 4 is 27.2 Å². The van der Waals surface area contributed by atoms with Gasteiger partial charge in [-0.25, -0.2) is 13.4 Å². The van der Waals surface area contributed by atoms with Crippen LogP contribution in [0.3, 0.4) is 0 Å². The van der Waals surface area contributed by atoms with Crippen LogP contribution in [-0.2, 0) is 10.0 Å². The molecule has 0 unspecified atom stereocenters. The van der Waals surface area contributed by atoms with Gasteiger partial charge in [0, 0.05) is 11.8 Å². The molecular weight excluding hydrogens is 318 g/mol. The van der Waals surface area contributed by atoms with Gasteiger partial charge in [-0.1, -0.05) is 0 Å². The summed E-state index contributed by atoms with van der Waals surface area (Å²) < 4.78 is 36.4. The van der Waals surface area contributed by atoms with Crippen LogP contribution in [0, 0.1) is 0 Å². The number of aromatic nitrogens is 1. The third-order valence-corrected chi connectivity index (χ3v) is 4.54. The van der Waals surface area contributed by atoms with E-state index in [2.05, 4.69) is 15.0 Å². The van der Waals surface area contributed by atoms with Crippen LogP contribution in [0.1, 0.15) is 6.92 Å². The van der Waals surface area contributed by atoms with E-state index in [1.165, 1.54) is 6.20 Å².